The van der Waals surface area contributed by atoms with E-state index in [4.69, 9.17) is 14.3 Å². The van der Waals surface area contributed by atoms with Crippen molar-refractivity contribution in [1.82, 2.24) is 24.4 Å². The van der Waals surface area contributed by atoms with Gasteiger partial charge in [-0.15, -0.1) is 0 Å². The Morgan fingerprint density at radius 3 is 2.42 bits per heavy atom. The van der Waals surface area contributed by atoms with Gasteiger partial charge in [-0.25, -0.2) is 9.67 Å². The molecule has 0 N–H and O–H groups in total. The van der Waals surface area contributed by atoms with Crippen molar-refractivity contribution < 1.29 is 9.15 Å². The third-order valence-corrected chi connectivity index (χ3v) is 4.56. The molecule has 0 atom stereocenters. The van der Waals surface area contributed by atoms with Gasteiger partial charge in [0.1, 0.15) is 28.9 Å². The van der Waals surface area contributed by atoms with Crippen LogP contribution in [0.1, 0.15) is 28.7 Å². The number of aryl methyl sites for hydroxylation is 5. The Bertz CT molecular complexity index is 1130. The van der Waals surface area contributed by atoms with Gasteiger partial charge < -0.3 is 9.15 Å². The lowest BCUT2D eigenvalue weighted by Gasteiger charge is -2.07. The molecule has 0 fully saturated rings. The minimum absolute atomic E-state index is 0.665. The van der Waals surface area contributed by atoms with Crippen LogP contribution < -0.4 is 4.74 Å². The van der Waals surface area contributed by atoms with E-state index in [9.17, 15) is 0 Å². The van der Waals surface area contributed by atoms with Gasteiger partial charge in [-0.05, 0) is 58.4 Å². The predicted octanol–water partition coefficient (Wildman–Crippen LogP) is 3.73. The van der Waals surface area contributed by atoms with Gasteiger partial charge in [0.2, 0.25) is 5.71 Å². The van der Waals surface area contributed by atoms with Crippen molar-refractivity contribution in [2.75, 3.05) is 7.11 Å². The Morgan fingerprint density at radius 1 is 1.04 bits per heavy atom. The minimum atomic E-state index is 0.665. The fourth-order valence-electron chi connectivity index (χ4n) is 3.39. The van der Waals surface area contributed by atoms with Crippen molar-refractivity contribution in [3.05, 3.63) is 46.9 Å². The molecule has 0 saturated carbocycles. The van der Waals surface area contributed by atoms with Gasteiger partial charge in [-0.3, -0.25) is 0 Å². The molecule has 0 saturated heterocycles. The first kappa shape index (κ1) is 16.4. The molecule has 7 heteroatoms. The van der Waals surface area contributed by atoms with E-state index in [2.05, 4.69) is 17.0 Å². The summed E-state index contributed by atoms with van der Waals surface area (Å²) in [5.41, 5.74) is 5.41. The average Bonchev–Trinajstić information content (AvgIpc) is 3.18. The predicted molar refractivity (Wildman–Crippen MR) is 98.0 cm³/mol. The summed E-state index contributed by atoms with van der Waals surface area (Å²) in [6, 6.07) is 5.99. The van der Waals surface area contributed by atoms with E-state index in [1.165, 1.54) is 0 Å². The highest BCUT2D eigenvalue weighted by molar-refractivity contribution is 5.72. The quantitative estimate of drug-likeness (QED) is 0.562. The van der Waals surface area contributed by atoms with Crippen molar-refractivity contribution in [2.45, 2.75) is 34.6 Å². The fourth-order valence-corrected chi connectivity index (χ4v) is 3.39. The number of benzene rings is 1. The molecule has 0 aliphatic rings. The van der Waals surface area contributed by atoms with Gasteiger partial charge in [-0.1, -0.05) is 0 Å². The van der Waals surface area contributed by atoms with Gasteiger partial charge in [0.25, 0.3) is 0 Å². The standard InChI is InChI=1S/C19H21N5O2/c1-10-9-15(25-6)7-8-16(10)18-12(3)26-19-17(11(2)21-24(18)19)23-14(5)20-13(4)22-23/h7-9H,1-6H3. The lowest BCUT2D eigenvalue weighted by atomic mass is 10.0. The summed E-state index contributed by atoms with van der Waals surface area (Å²) in [5, 5.41) is 9.22. The maximum Gasteiger partial charge on any atom is 0.249 e. The van der Waals surface area contributed by atoms with Crippen molar-refractivity contribution in [3.63, 3.8) is 0 Å². The third kappa shape index (κ3) is 2.31. The molecule has 0 spiro atoms. The summed E-state index contributed by atoms with van der Waals surface area (Å²) in [6.07, 6.45) is 0. The number of methoxy groups -OCH3 is 1. The molecule has 3 heterocycles. The van der Waals surface area contributed by atoms with E-state index < -0.39 is 0 Å². The summed E-state index contributed by atoms with van der Waals surface area (Å²) in [7, 11) is 1.67. The molecule has 3 aromatic heterocycles. The van der Waals surface area contributed by atoms with Crippen LogP contribution in [-0.4, -0.2) is 31.5 Å². The molecule has 1 aromatic carbocycles. The zero-order valence-electron chi connectivity index (χ0n) is 15.8. The van der Waals surface area contributed by atoms with Gasteiger partial charge >= 0.3 is 0 Å². The fraction of sp³-hybridized carbons (Fsp3) is 0.316. The molecule has 4 rings (SSSR count). The highest BCUT2D eigenvalue weighted by Crippen LogP contribution is 2.34. The second-order valence-electron chi connectivity index (χ2n) is 6.46. The molecule has 0 aliphatic carbocycles. The maximum atomic E-state index is 6.12. The molecule has 134 valence electrons. The van der Waals surface area contributed by atoms with Crippen LogP contribution in [-0.2, 0) is 0 Å². The van der Waals surface area contributed by atoms with Crippen LogP contribution in [0.5, 0.6) is 5.75 Å². The van der Waals surface area contributed by atoms with Gasteiger partial charge in [0.15, 0.2) is 5.69 Å². The van der Waals surface area contributed by atoms with E-state index in [1.54, 1.807) is 11.8 Å². The Hall–Kier alpha value is -3.09. The van der Waals surface area contributed by atoms with Crippen molar-refractivity contribution in [3.8, 4) is 22.7 Å². The first-order valence-corrected chi connectivity index (χ1v) is 8.45. The lowest BCUT2D eigenvalue weighted by molar-refractivity contribution is 0.414. The molecule has 0 unspecified atom stereocenters. The van der Waals surface area contributed by atoms with Crippen LogP contribution in [0.3, 0.4) is 0 Å². The topological polar surface area (TPSA) is 70.4 Å². The average molecular weight is 351 g/mol. The third-order valence-electron chi connectivity index (χ3n) is 4.56. The van der Waals surface area contributed by atoms with E-state index in [0.29, 0.717) is 5.71 Å². The van der Waals surface area contributed by atoms with Crippen LogP contribution in [0.2, 0.25) is 0 Å². The van der Waals surface area contributed by atoms with Crippen molar-refractivity contribution >= 4 is 5.71 Å². The van der Waals surface area contributed by atoms with Gasteiger partial charge in [0.05, 0.1) is 12.8 Å². The molecule has 26 heavy (non-hydrogen) atoms. The van der Waals surface area contributed by atoms with E-state index in [0.717, 1.165) is 51.4 Å². The second-order valence-corrected chi connectivity index (χ2v) is 6.46. The number of rotatable bonds is 3. The molecule has 0 radical (unpaired) electrons. The molecule has 0 bridgehead atoms. The first-order valence-electron chi connectivity index (χ1n) is 8.45. The Balaban J connectivity index is 1.98. The summed E-state index contributed by atoms with van der Waals surface area (Å²) in [4.78, 5) is 4.39. The molecule has 4 aromatic rings. The summed E-state index contributed by atoms with van der Waals surface area (Å²) >= 11 is 0. The number of oxazole rings is 1. The number of aromatic nitrogens is 5. The summed E-state index contributed by atoms with van der Waals surface area (Å²) in [5.74, 6) is 3.15. The maximum absolute atomic E-state index is 6.12. The SMILES string of the molecule is COc1ccc(-c2c(C)oc3c(-n4nc(C)nc4C)c(C)nn23)c(C)c1. The minimum Gasteiger partial charge on any atom is -0.497 e. The van der Waals surface area contributed by atoms with E-state index in [1.807, 2.05) is 50.4 Å². The zero-order chi connectivity index (χ0) is 18.6. The zero-order valence-corrected chi connectivity index (χ0v) is 15.8. The van der Waals surface area contributed by atoms with Crippen LogP contribution in [0.25, 0.3) is 22.7 Å². The van der Waals surface area contributed by atoms with Crippen LogP contribution in [0.4, 0.5) is 0 Å². The largest absolute Gasteiger partial charge is 0.497 e. The van der Waals surface area contributed by atoms with E-state index >= 15 is 0 Å². The Kier molecular flexibility index (Phi) is 3.61. The van der Waals surface area contributed by atoms with E-state index in [-0.39, 0.29) is 0 Å². The number of nitrogens with zero attached hydrogens (tertiary/aromatic N) is 5. The Morgan fingerprint density at radius 2 is 1.81 bits per heavy atom. The van der Waals surface area contributed by atoms with Crippen LogP contribution in [0.15, 0.2) is 22.6 Å². The number of fused-ring (bicyclic) bond motifs is 1. The van der Waals surface area contributed by atoms with Crippen molar-refractivity contribution in [1.29, 1.82) is 0 Å². The van der Waals surface area contributed by atoms with Gasteiger partial charge in [0, 0.05) is 5.56 Å². The number of hydrogen-bond acceptors (Lipinski definition) is 5. The summed E-state index contributed by atoms with van der Waals surface area (Å²) < 4.78 is 15.1. The number of hydrogen-bond donors (Lipinski definition) is 0. The lowest BCUT2D eigenvalue weighted by Crippen LogP contribution is -2.00. The number of ether oxygens (including phenoxy) is 1. The van der Waals surface area contributed by atoms with Crippen LogP contribution >= 0.6 is 0 Å². The highest BCUT2D eigenvalue weighted by atomic mass is 16.5. The normalized spacial score (nSPS) is 11.5. The highest BCUT2D eigenvalue weighted by Gasteiger charge is 2.24. The molecule has 0 aliphatic heterocycles. The molecule has 0 amide bonds. The van der Waals surface area contributed by atoms with Crippen LogP contribution in [0, 0.1) is 34.6 Å². The van der Waals surface area contributed by atoms with Crippen molar-refractivity contribution in [2.24, 2.45) is 0 Å². The molecular formula is C19H21N5O2. The smallest absolute Gasteiger partial charge is 0.249 e. The molecular weight excluding hydrogens is 330 g/mol. The first-order chi connectivity index (χ1) is 12.4. The van der Waals surface area contributed by atoms with Gasteiger partial charge in [-0.2, -0.15) is 14.7 Å². The molecule has 7 nitrogen and oxygen atoms in total. The summed E-state index contributed by atoms with van der Waals surface area (Å²) in [6.45, 7) is 9.76. The second kappa shape index (κ2) is 5.72. The Labute approximate surface area is 151 Å². The monoisotopic (exact) mass is 351 g/mol.